The summed E-state index contributed by atoms with van der Waals surface area (Å²) >= 11 is 5.14. The van der Waals surface area contributed by atoms with E-state index in [2.05, 4.69) is 42.8 Å². The standard InChI is InChI=1S/C18H20BrN5OS/c1-2-25-17-9-8-15(19)12-14(17)13-20-10-11-26-18-21-22-23-24(18)16-6-4-3-5-7-16/h3-9,12,20H,2,10-11,13H2,1H3. The van der Waals surface area contributed by atoms with Crippen LogP contribution in [0.4, 0.5) is 0 Å². The number of nitrogens with one attached hydrogen (secondary N) is 1. The lowest BCUT2D eigenvalue weighted by Gasteiger charge is -2.11. The third-order valence-corrected chi connectivity index (χ3v) is 5.00. The van der Waals surface area contributed by atoms with Crippen molar-refractivity contribution < 1.29 is 4.74 Å². The highest BCUT2D eigenvalue weighted by molar-refractivity contribution is 9.10. The second-order valence-electron chi connectivity index (χ2n) is 5.42. The van der Waals surface area contributed by atoms with Crippen LogP contribution in [0.5, 0.6) is 5.75 Å². The lowest BCUT2D eigenvalue weighted by Crippen LogP contribution is -2.17. The van der Waals surface area contributed by atoms with E-state index in [0.29, 0.717) is 6.61 Å². The first kappa shape index (κ1) is 18.9. The molecule has 0 saturated carbocycles. The predicted molar refractivity (Wildman–Crippen MR) is 107 cm³/mol. The number of nitrogens with zero attached hydrogens (tertiary/aromatic N) is 4. The van der Waals surface area contributed by atoms with Crippen LogP contribution in [0.15, 0.2) is 58.2 Å². The van der Waals surface area contributed by atoms with Gasteiger partial charge in [0.05, 0.1) is 12.3 Å². The summed E-state index contributed by atoms with van der Waals surface area (Å²) in [6, 6.07) is 16.0. The van der Waals surface area contributed by atoms with Crippen LogP contribution in [-0.2, 0) is 6.54 Å². The molecule has 0 atom stereocenters. The van der Waals surface area contributed by atoms with E-state index in [1.54, 1.807) is 16.4 Å². The summed E-state index contributed by atoms with van der Waals surface area (Å²) in [5.41, 5.74) is 2.10. The number of hydrogen-bond donors (Lipinski definition) is 1. The van der Waals surface area contributed by atoms with Crippen LogP contribution in [0, 0.1) is 0 Å². The fourth-order valence-electron chi connectivity index (χ4n) is 2.42. The number of para-hydroxylation sites is 1. The number of rotatable bonds is 9. The summed E-state index contributed by atoms with van der Waals surface area (Å²) in [6.07, 6.45) is 0. The summed E-state index contributed by atoms with van der Waals surface area (Å²) in [5.74, 6) is 1.79. The van der Waals surface area contributed by atoms with E-state index >= 15 is 0 Å². The van der Waals surface area contributed by atoms with Crippen molar-refractivity contribution in [1.82, 2.24) is 25.5 Å². The van der Waals surface area contributed by atoms with Gasteiger partial charge in [-0.15, -0.1) is 5.10 Å². The molecule has 0 fully saturated rings. The Morgan fingerprint density at radius 3 is 2.85 bits per heavy atom. The predicted octanol–water partition coefficient (Wildman–Crippen LogP) is 3.71. The van der Waals surface area contributed by atoms with E-state index in [-0.39, 0.29) is 0 Å². The zero-order chi connectivity index (χ0) is 18.2. The van der Waals surface area contributed by atoms with Crippen LogP contribution >= 0.6 is 27.7 Å². The van der Waals surface area contributed by atoms with Crippen LogP contribution in [0.25, 0.3) is 5.69 Å². The molecule has 26 heavy (non-hydrogen) atoms. The zero-order valence-electron chi connectivity index (χ0n) is 14.4. The maximum Gasteiger partial charge on any atom is 0.214 e. The molecule has 0 bridgehead atoms. The third kappa shape index (κ3) is 5.06. The van der Waals surface area contributed by atoms with E-state index in [1.165, 1.54) is 0 Å². The molecule has 0 radical (unpaired) electrons. The quantitative estimate of drug-likeness (QED) is 0.409. The maximum absolute atomic E-state index is 5.68. The molecule has 0 saturated heterocycles. The lowest BCUT2D eigenvalue weighted by atomic mass is 10.2. The molecule has 2 aromatic carbocycles. The minimum atomic E-state index is 0.659. The Balaban J connectivity index is 1.50. The smallest absolute Gasteiger partial charge is 0.214 e. The second-order valence-corrected chi connectivity index (χ2v) is 7.40. The van der Waals surface area contributed by atoms with Gasteiger partial charge in [0.25, 0.3) is 0 Å². The fraction of sp³-hybridized carbons (Fsp3) is 0.278. The second kappa shape index (κ2) is 9.70. The van der Waals surface area contributed by atoms with Crippen molar-refractivity contribution in [1.29, 1.82) is 0 Å². The Bertz CT molecular complexity index is 827. The molecule has 8 heteroatoms. The van der Waals surface area contributed by atoms with E-state index in [4.69, 9.17) is 4.74 Å². The zero-order valence-corrected chi connectivity index (χ0v) is 16.8. The van der Waals surface area contributed by atoms with Crippen LogP contribution in [0.1, 0.15) is 12.5 Å². The first-order chi connectivity index (χ1) is 12.8. The molecular weight excluding hydrogens is 414 g/mol. The van der Waals surface area contributed by atoms with E-state index in [1.807, 2.05) is 49.4 Å². The number of halogens is 1. The van der Waals surface area contributed by atoms with Crippen LogP contribution in [0.2, 0.25) is 0 Å². The Hall–Kier alpha value is -1.90. The molecule has 0 unspecified atom stereocenters. The normalized spacial score (nSPS) is 10.8. The molecule has 1 heterocycles. The molecular formula is C18H20BrN5OS. The van der Waals surface area contributed by atoms with Gasteiger partial charge in [-0.1, -0.05) is 45.9 Å². The number of hydrogen-bond acceptors (Lipinski definition) is 6. The van der Waals surface area contributed by atoms with Crippen molar-refractivity contribution in [2.45, 2.75) is 18.6 Å². The van der Waals surface area contributed by atoms with Gasteiger partial charge >= 0.3 is 0 Å². The average Bonchev–Trinajstić information content (AvgIpc) is 3.13. The molecule has 0 aliphatic carbocycles. The summed E-state index contributed by atoms with van der Waals surface area (Å²) in [5, 5.41) is 16.2. The molecule has 1 N–H and O–H groups in total. The van der Waals surface area contributed by atoms with Gasteiger partial charge in [-0.2, -0.15) is 4.68 Å². The highest BCUT2D eigenvalue weighted by Crippen LogP contribution is 2.23. The maximum atomic E-state index is 5.68. The first-order valence-electron chi connectivity index (χ1n) is 8.36. The molecule has 0 aliphatic rings. The molecule has 3 aromatic rings. The molecule has 6 nitrogen and oxygen atoms in total. The molecule has 0 aliphatic heterocycles. The molecule has 1 aromatic heterocycles. The highest BCUT2D eigenvalue weighted by Gasteiger charge is 2.08. The monoisotopic (exact) mass is 433 g/mol. The van der Waals surface area contributed by atoms with E-state index < -0.39 is 0 Å². The van der Waals surface area contributed by atoms with Crippen molar-refractivity contribution >= 4 is 27.7 Å². The van der Waals surface area contributed by atoms with Gasteiger partial charge in [0, 0.05) is 28.9 Å². The van der Waals surface area contributed by atoms with Crippen LogP contribution in [-0.4, -0.2) is 39.1 Å². The Labute approximate surface area is 165 Å². The van der Waals surface area contributed by atoms with Gasteiger partial charge in [0.2, 0.25) is 5.16 Å². The summed E-state index contributed by atoms with van der Waals surface area (Å²) in [7, 11) is 0. The Kier molecular flexibility index (Phi) is 7.04. The van der Waals surface area contributed by atoms with Crippen LogP contribution in [0.3, 0.4) is 0 Å². The van der Waals surface area contributed by atoms with Crippen molar-refractivity contribution in [3.8, 4) is 11.4 Å². The average molecular weight is 434 g/mol. The van der Waals surface area contributed by atoms with Gasteiger partial charge in [-0.25, -0.2) is 0 Å². The molecule has 0 spiro atoms. The minimum Gasteiger partial charge on any atom is -0.494 e. The fourth-order valence-corrected chi connectivity index (χ4v) is 3.62. The third-order valence-electron chi connectivity index (χ3n) is 3.59. The Morgan fingerprint density at radius 2 is 2.04 bits per heavy atom. The first-order valence-corrected chi connectivity index (χ1v) is 10.1. The van der Waals surface area contributed by atoms with Gasteiger partial charge in [-0.3, -0.25) is 0 Å². The summed E-state index contributed by atoms with van der Waals surface area (Å²) < 4.78 is 8.48. The molecule has 136 valence electrons. The largest absolute Gasteiger partial charge is 0.494 e. The number of aromatic nitrogens is 4. The topological polar surface area (TPSA) is 64.9 Å². The number of ether oxygens (including phenoxy) is 1. The van der Waals surface area contributed by atoms with Gasteiger partial charge < -0.3 is 10.1 Å². The minimum absolute atomic E-state index is 0.659. The van der Waals surface area contributed by atoms with E-state index in [0.717, 1.165) is 45.5 Å². The molecule has 0 amide bonds. The lowest BCUT2D eigenvalue weighted by molar-refractivity contribution is 0.335. The van der Waals surface area contributed by atoms with Crippen LogP contribution < -0.4 is 10.1 Å². The van der Waals surface area contributed by atoms with Gasteiger partial charge in [0.1, 0.15) is 5.75 Å². The molecule has 3 rings (SSSR count). The summed E-state index contributed by atoms with van der Waals surface area (Å²) in [4.78, 5) is 0. The number of thioether (sulfide) groups is 1. The van der Waals surface area contributed by atoms with Gasteiger partial charge in [0.15, 0.2) is 0 Å². The highest BCUT2D eigenvalue weighted by atomic mass is 79.9. The number of benzene rings is 2. The van der Waals surface area contributed by atoms with Gasteiger partial charge in [-0.05, 0) is 47.7 Å². The van der Waals surface area contributed by atoms with E-state index in [9.17, 15) is 0 Å². The Morgan fingerprint density at radius 1 is 1.19 bits per heavy atom. The van der Waals surface area contributed by atoms with Crippen molar-refractivity contribution in [3.05, 3.63) is 58.6 Å². The van der Waals surface area contributed by atoms with Crippen molar-refractivity contribution in [3.63, 3.8) is 0 Å². The van der Waals surface area contributed by atoms with Crippen molar-refractivity contribution in [2.24, 2.45) is 0 Å². The van der Waals surface area contributed by atoms with Crippen molar-refractivity contribution in [2.75, 3.05) is 18.9 Å². The summed E-state index contributed by atoms with van der Waals surface area (Å²) in [6.45, 7) is 4.24. The number of tetrazole rings is 1. The SMILES string of the molecule is CCOc1ccc(Br)cc1CNCCSc1nnnn1-c1ccccc1.